The summed E-state index contributed by atoms with van der Waals surface area (Å²) in [6.45, 7) is 6.17. The number of hydrogen-bond donors (Lipinski definition) is 2. The summed E-state index contributed by atoms with van der Waals surface area (Å²) in [5, 5.41) is 4.96. The Hall–Kier alpha value is -3.36. The van der Waals surface area contributed by atoms with Gasteiger partial charge in [0.1, 0.15) is 29.5 Å². The molecule has 2 atom stereocenters. The first-order valence-corrected chi connectivity index (χ1v) is 15.3. The van der Waals surface area contributed by atoms with Crippen molar-refractivity contribution >= 4 is 27.8 Å². The largest absolute Gasteiger partial charge is 0.488 e. The van der Waals surface area contributed by atoms with Crippen molar-refractivity contribution in [1.29, 1.82) is 0 Å². The van der Waals surface area contributed by atoms with Crippen LogP contribution in [0.15, 0.2) is 53.1 Å². The van der Waals surface area contributed by atoms with E-state index in [-0.39, 0.29) is 24.4 Å². The number of likely N-dealkylation sites (tertiary alicyclic amines) is 1. The molecule has 41 heavy (non-hydrogen) atoms. The van der Waals surface area contributed by atoms with Gasteiger partial charge in [-0.2, -0.15) is 0 Å². The molecule has 2 N–H and O–H groups in total. The first-order chi connectivity index (χ1) is 20.1. The first-order valence-electron chi connectivity index (χ1n) is 15.3. The molecule has 3 saturated heterocycles. The lowest BCUT2D eigenvalue weighted by Crippen LogP contribution is -2.52. The van der Waals surface area contributed by atoms with Gasteiger partial charge in [-0.05, 0) is 87.9 Å². The maximum atomic E-state index is 13.5. The van der Waals surface area contributed by atoms with Gasteiger partial charge in [0.25, 0.3) is 5.91 Å². The predicted octanol–water partition coefficient (Wildman–Crippen LogP) is 6.09. The van der Waals surface area contributed by atoms with E-state index in [1.54, 1.807) is 12.3 Å². The highest BCUT2D eigenvalue weighted by Gasteiger charge is 2.34. The molecular formula is C33H39FN4O3. The van der Waals surface area contributed by atoms with Crippen molar-refractivity contribution in [3.63, 3.8) is 0 Å². The fourth-order valence-corrected chi connectivity index (χ4v) is 7.34. The highest BCUT2D eigenvalue weighted by molar-refractivity contribution is 5.99. The van der Waals surface area contributed by atoms with Crippen LogP contribution in [0.4, 0.5) is 4.39 Å². The lowest BCUT2D eigenvalue weighted by atomic mass is 9.83. The van der Waals surface area contributed by atoms with Gasteiger partial charge in [-0.3, -0.25) is 4.79 Å². The molecule has 3 aliphatic heterocycles. The highest BCUT2D eigenvalue weighted by Crippen LogP contribution is 2.32. The number of fused-ring (bicyclic) bond motifs is 3. The number of H-pyrrole nitrogens is 1. The third-order valence-corrected chi connectivity index (χ3v) is 9.51. The number of amides is 1. The molecule has 4 aromatic rings. The van der Waals surface area contributed by atoms with E-state index in [0.717, 1.165) is 59.7 Å². The normalized spacial score (nSPS) is 22.7. The van der Waals surface area contributed by atoms with E-state index in [0.29, 0.717) is 17.0 Å². The summed E-state index contributed by atoms with van der Waals surface area (Å²) in [5.74, 6) is 1.08. The number of ether oxygens (including phenoxy) is 1. The van der Waals surface area contributed by atoms with Gasteiger partial charge in [0.2, 0.25) is 0 Å². The van der Waals surface area contributed by atoms with Gasteiger partial charge in [0.15, 0.2) is 0 Å². The summed E-state index contributed by atoms with van der Waals surface area (Å²) in [7, 11) is 0. The van der Waals surface area contributed by atoms with Gasteiger partial charge in [-0.15, -0.1) is 0 Å². The van der Waals surface area contributed by atoms with Gasteiger partial charge >= 0.3 is 0 Å². The number of rotatable bonds is 7. The van der Waals surface area contributed by atoms with Crippen LogP contribution in [0.2, 0.25) is 0 Å². The van der Waals surface area contributed by atoms with Crippen LogP contribution in [-0.4, -0.2) is 65.5 Å². The third kappa shape index (κ3) is 5.60. The fraction of sp³-hybridized carbons (Fsp3) is 0.485. The molecule has 216 valence electrons. The van der Waals surface area contributed by atoms with E-state index in [4.69, 9.17) is 9.15 Å². The maximum Gasteiger partial charge on any atom is 0.267 e. The van der Waals surface area contributed by atoms with Gasteiger partial charge in [-0.25, -0.2) is 4.39 Å². The number of nitrogens with zero attached hydrogens (tertiary/aromatic N) is 2. The molecular weight excluding hydrogens is 519 g/mol. The number of halogens is 1. The zero-order valence-electron chi connectivity index (χ0n) is 23.5. The average molecular weight is 559 g/mol. The van der Waals surface area contributed by atoms with Crippen LogP contribution in [0.25, 0.3) is 21.9 Å². The Labute approximate surface area is 240 Å². The van der Waals surface area contributed by atoms with E-state index in [2.05, 4.69) is 20.1 Å². The zero-order chi connectivity index (χ0) is 27.8. The highest BCUT2D eigenvalue weighted by atomic mass is 19.1. The number of furan rings is 1. The second kappa shape index (κ2) is 11.5. The molecule has 1 unspecified atom stereocenters. The molecule has 0 saturated carbocycles. The van der Waals surface area contributed by atoms with Crippen LogP contribution in [-0.2, 0) is 6.61 Å². The summed E-state index contributed by atoms with van der Waals surface area (Å²) >= 11 is 0. The second-order valence-corrected chi connectivity index (χ2v) is 12.1. The van der Waals surface area contributed by atoms with E-state index in [1.807, 2.05) is 24.3 Å². The van der Waals surface area contributed by atoms with Crippen molar-refractivity contribution in [2.75, 3.05) is 32.7 Å². The number of hydrogen-bond acceptors (Lipinski definition) is 5. The van der Waals surface area contributed by atoms with E-state index in [1.165, 1.54) is 63.9 Å². The molecule has 3 fully saturated rings. The van der Waals surface area contributed by atoms with Gasteiger partial charge in [0, 0.05) is 59.6 Å². The maximum absolute atomic E-state index is 13.5. The lowest BCUT2D eigenvalue weighted by molar-refractivity contribution is 0.0351. The number of aromatic amines is 1. The molecule has 0 bridgehead atoms. The second-order valence-electron chi connectivity index (χ2n) is 12.1. The van der Waals surface area contributed by atoms with Crippen molar-refractivity contribution in [2.24, 2.45) is 5.92 Å². The van der Waals surface area contributed by atoms with Crippen LogP contribution in [0.1, 0.15) is 61.0 Å². The molecule has 0 spiro atoms. The molecule has 7 rings (SSSR count). The van der Waals surface area contributed by atoms with Crippen LogP contribution < -0.4 is 10.1 Å². The van der Waals surface area contributed by atoms with Gasteiger partial charge in [0.05, 0.1) is 6.26 Å². The molecule has 2 aromatic heterocycles. The van der Waals surface area contributed by atoms with Crippen molar-refractivity contribution in [1.82, 2.24) is 20.1 Å². The number of benzene rings is 2. The Kier molecular flexibility index (Phi) is 7.44. The molecule has 0 radical (unpaired) electrons. The minimum Gasteiger partial charge on any atom is -0.488 e. The molecule has 8 heteroatoms. The van der Waals surface area contributed by atoms with Crippen LogP contribution in [0.3, 0.4) is 0 Å². The molecule has 1 amide bonds. The Morgan fingerprint density at radius 2 is 1.88 bits per heavy atom. The van der Waals surface area contributed by atoms with Crippen LogP contribution >= 0.6 is 0 Å². The molecule has 0 aliphatic carbocycles. The number of carbonyl (C=O) groups excluding carboxylic acids is 1. The summed E-state index contributed by atoms with van der Waals surface area (Å²) in [6, 6.07) is 13.1. The SMILES string of the molecule is O=C(NC1CCN(C[C@@H]2CCCN3CCCCC23)CC1)c1cc2c(OCc3coc4cc(F)ccc34)cccc2[nH]1. The number of piperidine rings is 3. The van der Waals surface area contributed by atoms with Crippen molar-refractivity contribution in [2.45, 2.75) is 63.6 Å². The lowest BCUT2D eigenvalue weighted by Gasteiger charge is -2.46. The number of aromatic nitrogens is 1. The minimum atomic E-state index is -0.331. The standard InChI is InChI=1S/C33H39FN4O3/c34-24-9-10-26-23(21-41-32(26)17-24)20-40-31-8-3-6-28-27(31)18-29(36-28)33(39)35-25-11-15-37(16-12-25)19-22-5-4-14-38-13-2-1-7-30(22)38/h3,6,8-10,17-18,21-22,25,30,36H,1-2,4-5,7,11-16,19-20H2,(H,35,39)/t22-,30?/m0/s1. The molecule has 3 aliphatic rings. The third-order valence-electron chi connectivity index (χ3n) is 9.51. The molecule has 7 nitrogen and oxygen atoms in total. The van der Waals surface area contributed by atoms with Crippen molar-refractivity contribution in [3.05, 3.63) is 65.8 Å². The van der Waals surface area contributed by atoms with E-state index < -0.39 is 0 Å². The topological polar surface area (TPSA) is 73.7 Å². The molecule has 5 heterocycles. The Morgan fingerprint density at radius 1 is 1.00 bits per heavy atom. The average Bonchev–Trinajstić information content (AvgIpc) is 3.62. The summed E-state index contributed by atoms with van der Waals surface area (Å²) < 4.78 is 25.1. The van der Waals surface area contributed by atoms with Crippen molar-refractivity contribution in [3.8, 4) is 5.75 Å². The predicted molar refractivity (Wildman–Crippen MR) is 158 cm³/mol. The van der Waals surface area contributed by atoms with Crippen LogP contribution in [0.5, 0.6) is 5.75 Å². The Morgan fingerprint density at radius 3 is 2.78 bits per heavy atom. The summed E-state index contributed by atoms with van der Waals surface area (Å²) in [5.41, 5.74) is 2.74. The minimum absolute atomic E-state index is 0.0708. The Bertz CT molecular complexity index is 1520. The zero-order valence-corrected chi connectivity index (χ0v) is 23.5. The molecule has 2 aromatic carbocycles. The number of nitrogens with one attached hydrogen (secondary N) is 2. The quantitative estimate of drug-likeness (QED) is 0.287. The number of carbonyl (C=O) groups is 1. The smallest absolute Gasteiger partial charge is 0.267 e. The Balaban J connectivity index is 0.948. The summed E-state index contributed by atoms with van der Waals surface area (Å²) in [4.78, 5) is 21.9. The van der Waals surface area contributed by atoms with Gasteiger partial charge < -0.3 is 29.3 Å². The monoisotopic (exact) mass is 558 g/mol. The fourth-order valence-electron chi connectivity index (χ4n) is 7.34. The van der Waals surface area contributed by atoms with Crippen LogP contribution in [0, 0.1) is 11.7 Å². The van der Waals surface area contributed by atoms with E-state index in [9.17, 15) is 9.18 Å². The summed E-state index contributed by atoms with van der Waals surface area (Å²) in [6.07, 6.45) is 10.4. The van der Waals surface area contributed by atoms with Gasteiger partial charge in [-0.1, -0.05) is 12.5 Å². The van der Waals surface area contributed by atoms with Crippen molar-refractivity contribution < 1.29 is 18.3 Å². The first kappa shape index (κ1) is 26.5. The van der Waals surface area contributed by atoms with E-state index >= 15 is 0 Å².